The highest BCUT2D eigenvalue weighted by molar-refractivity contribution is 6.02. The Morgan fingerprint density at radius 1 is 1.08 bits per heavy atom. The van der Waals surface area contributed by atoms with E-state index in [9.17, 15) is 9.59 Å². The fraction of sp³-hybridized carbons (Fsp3) is 0.118. The average Bonchev–Trinajstić information content (AvgIpc) is 3.06. The Morgan fingerprint density at radius 3 is 2.58 bits per heavy atom. The van der Waals surface area contributed by atoms with E-state index in [2.05, 4.69) is 30.7 Å². The van der Waals surface area contributed by atoms with Crippen molar-refractivity contribution in [2.24, 2.45) is 0 Å². The Labute approximate surface area is 148 Å². The summed E-state index contributed by atoms with van der Waals surface area (Å²) >= 11 is 0. The topological polar surface area (TPSA) is 119 Å². The Balaban J connectivity index is 1.68. The molecule has 0 aliphatic heterocycles. The quantitative estimate of drug-likeness (QED) is 0.672. The first kappa shape index (κ1) is 17.1. The molecule has 0 aliphatic carbocycles. The van der Waals surface area contributed by atoms with E-state index in [1.807, 2.05) is 0 Å². The molecular weight excluding hydrogens is 338 g/mol. The molecule has 2 N–H and O–H groups in total. The number of esters is 1. The molecule has 2 heterocycles. The number of benzene rings is 1. The van der Waals surface area contributed by atoms with E-state index in [-0.39, 0.29) is 5.69 Å². The van der Waals surface area contributed by atoms with E-state index >= 15 is 0 Å². The maximum Gasteiger partial charge on any atom is 0.337 e. The monoisotopic (exact) mass is 353 g/mol. The van der Waals surface area contributed by atoms with Gasteiger partial charge in [0.05, 0.1) is 12.7 Å². The molecular formula is C17H15N5O4. The van der Waals surface area contributed by atoms with Gasteiger partial charge in [-0.25, -0.2) is 4.79 Å². The number of amides is 1. The maximum absolute atomic E-state index is 12.1. The third kappa shape index (κ3) is 4.01. The van der Waals surface area contributed by atoms with Crippen molar-refractivity contribution in [1.29, 1.82) is 0 Å². The van der Waals surface area contributed by atoms with Crippen LogP contribution in [0.15, 0.2) is 47.0 Å². The van der Waals surface area contributed by atoms with E-state index in [1.54, 1.807) is 43.3 Å². The van der Waals surface area contributed by atoms with E-state index in [0.29, 0.717) is 28.6 Å². The normalized spacial score (nSPS) is 10.2. The molecule has 0 bridgehead atoms. The van der Waals surface area contributed by atoms with Crippen LogP contribution >= 0.6 is 0 Å². The highest BCUT2D eigenvalue weighted by Crippen LogP contribution is 2.16. The molecule has 1 amide bonds. The van der Waals surface area contributed by atoms with Crippen molar-refractivity contribution in [3.8, 4) is 0 Å². The Kier molecular flexibility index (Phi) is 4.88. The van der Waals surface area contributed by atoms with Crippen LogP contribution in [-0.4, -0.2) is 34.3 Å². The third-order valence-electron chi connectivity index (χ3n) is 3.32. The number of hydrogen-bond donors (Lipinski definition) is 2. The van der Waals surface area contributed by atoms with Gasteiger partial charge in [0.25, 0.3) is 5.91 Å². The molecule has 9 nitrogen and oxygen atoms in total. The van der Waals surface area contributed by atoms with E-state index in [4.69, 9.17) is 4.52 Å². The molecule has 3 rings (SSSR count). The summed E-state index contributed by atoms with van der Waals surface area (Å²) in [4.78, 5) is 23.6. The number of anilines is 3. The highest BCUT2D eigenvalue weighted by Gasteiger charge is 2.11. The number of carbonyl (C=O) groups is 2. The molecule has 0 unspecified atom stereocenters. The van der Waals surface area contributed by atoms with Gasteiger partial charge in [0.2, 0.25) is 0 Å². The van der Waals surface area contributed by atoms with Crippen molar-refractivity contribution in [3.63, 3.8) is 0 Å². The van der Waals surface area contributed by atoms with E-state index in [0.717, 1.165) is 0 Å². The Hall–Kier alpha value is -3.75. The average molecular weight is 353 g/mol. The first-order valence-electron chi connectivity index (χ1n) is 7.59. The number of carbonyl (C=O) groups excluding carboxylic acids is 2. The van der Waals surface area contributed by atoms with Crippen LogP contribution in [0.5, 0.6) is 0 Å². The Morgan fingerprint density at radius 2 is 1.92 bits per heavy atom. The number of methoxy groups -OCH3 is 1. The zero-order valence-electron chi connectivity index (χ0n) is 14.0. The van der Waals surface area contributed by atoms with Crippen LogP contribution in [0.1, 0.15) is 26.6 Å². The van der Waals surface area contributed by atoms with Gasteiger partial charge in [-0.2, -0.15) is 0 Å². The summed E-state index contributed by atoms with van der Waals surface area (Å²) in [6.07, 6.45) is 0. The summed E-state index contributed by atoms with van der Waals surface area (Å²) in [5.74, 6) is 0.414. The number of aromatic nitrogens is 3. The summed E-state index contributed by atoms with van der Waals surface area (Å²) in [7, 11) is 1.32. The summed E-state index contributed by atoms with van der Waals surface area (Å²) in [5.41, 5.74) is 1.17. The summed E-state index contributed by atoms with van der Waals surface area (Å²) in [6, 6.07) is 11.5. The predicted octanol–water partition coefficient (Wildman–Crippen LogP) is 2.56. The molecule has 0 atom stereocenters. The van der Waals surface area contributed by atoms with Crippen LogP contribution in [0.25, 0.3) is 0 Å². The lowest BCUT2D eigenvalue weighted by molar-refractivity contribution is 0.0600. The minimum Gasteiger partial charge on any atom is -0.465 e. The molecule has 0 saturated heterocycles. The molecule has 0 fully saturated rings. The lowest BCUT2D eigenvalue weighted by Crippen LogP contribution is -2.14. The van der Waals surface area contributed by atoms with Gasteiger partial charge in [-0.05, 0) is 37.3 Å². The van der Waals surface area contributed by atoms with Crippen LogP contribution in [-0.2, 0) is 4.74 Å². The lowest BCUT2D eigenvalue weighted by atomic mass is 10.2. The molecule has 0 aliphatic rings. The number of ether oxygens (including phenoxy) is 1. The minimum absolute atomic E-state index is 0.125. The van der Waals surface area contributed by atoms with E-state index < -0.39 is 11.9 Å². The van der Waals surface area contributed by atoms with Crippen molar-refractivity contribution in [1.82, 2.24) is 15.4 Å². The summed E-state index contributed by atoms with van der Waals surface area (Å²) < 4.78 is 9.56. The van der Waals surface area contributed by atoms with Gasteiger partial charge in [-0.3, -0.25) is 4.79 Å². The number of nitrogens with one attached hydrogen (secondary N) is 2. The van der Waals surface area contributed by atoms with Crippen LogP contribution in [0.3, 0.4) is 0 Å². The second-order valence-corrected chi connectivity index (χ2v) is 5.28. The molecule has 1 aromatic carbocycles. The van der Waals surface area contributed by atoms with Gasteiger partial charge < -0.3 is 19.9 Å². The van der Waals surface area contributed by atoms with Crippen LogP contribution in [0.4, 0.5) is 17.3 Å². The number of aryl methyl sites for hydroxylation is 1. The van der Waals surface area contributed by atoms with Crippen molar-refractivity contribution in [3.05, 3.63) is 59.5 Å². The molecule has 26 heavy (non-hydrogen) atoms. The highest BCUT2D eigenvalue weighted by atomic mass is 16.5. The van der Waals surface area contributed by atoms with Gasteiger partial charge in [0.15, 0.2) is 17.3 Å². The van der Waals surface area contributed by atoms with Crippen LogP contribution in [0.2, 0.25) is 0 Å². The molecule has 9 heteroatoms. The van der Waals surface area contributed by atoms with Crippen LogP contribution < -0.4 is 10.6 Å². The predicted molar refractivity (Wildman–Crippen MR) is 92.3 cm³/mol. The molecule has 0 radical (unpaired) electrons. The fourth-order valence-corrected chi connectivity index (χ4v) is 2.12. The van der Waals surface area contributed by atoms with Gasteiger partial charge in [0, 0.05) is 11.8 Å². The van der Waals surface area contributed by atoms with Crippen molar-refractivity contribution in [2.45, 2.75) is 6.92 Å². The van der Waals surface area contributed by atoms with E-state index in [1.165, 1.54) is 13.2 Å². The van der Waals surface area contributed by atoms with Gasteiger partial charge in [0.1, 0.15) is 5.76 Å². The third-order valence-corrected chi connectivity index (χ3v) is 3.32. The van der Waals surface area contributed by atoms with Crippen molar-refractivity contribution >= 4 is 29.2 Å². The number of nitrogens with zero attached hydrogens (tertiary/aromatic N) is 3. The summed E-state index contributed by atoms with van der Waals surface area (Å²) in [5, 5.41) is 17.1. The maximum atomic E-state index is 12.1. The van der Waals surface area contributed by atoms with Gasteiger partial charge in [-0.15, -0.1) is 10.2 Å². The van der Waals surface area contributed by atoms with Crippen molar-refractivity contribution in [2.75, 3.05) is 17.7 Å². The molecule has 0 spiro atoms. The zero-order valence-corrected chi connectivity index (χ0v) is 14.0. The zero-order chi connectivity index (χ0) is 18.5. The molecule has 3 aromatic rings. The summed E-state index contributed by atoms with van der Waals surface area (Å²) in [6.45, 7) is 1.72. The minimum atomic E-state index is -0.454. The largest absolute Gasteiger partial charge is 0.465 e. The van der Waals surface area contributed by atoms with Crippen LogP contribution in [0, 0.1) is 6.92 Å². The van der Waals surface area contributed by atoms with Gasteiger partial charge >= 0.3 is 5.97 Å². The first-order chi connectivity index (χ1) is 12.5. The second-order valence-electron chi connectivity index (χ2n) is 5.28. The lowest BCUT2D eigenvalue weighted by Gasteiger charge is -2.07. The molecule has 0 saturated carbocycles. The standard InChI is InChI=1S/C17H15N5O4/c1-10-8-15(22-26-10)19-16(23)13-6-7-14(21-20-13)18-12-5-3-4-11(9-12)17(24)25-2/h3-9H,1-2H3,(H,18,21)(H,19,22,23). The number of hydrogen-bond acceptors (Lipinski definition) is 8. The number of rotatable bonds is 5. The Bertz CT molecular complexity index is 936. The first-order valence-corrected chi connectivity index (χ1v) is 7.59. The SMILES string of the molecule is COC(=O)c1cccc(Nc2ccc(C(=O)Nc3cc(C)on3)nn2)c1. The van der Waals surface area contributed by atoms with Crippen molar-refractivity contribution < 1.29 is 18.8 Å². The smallest absolute Gasteiger partial charge is 0.337 e. The molecule has 132 valence electrons. The molecule has 2 aromatic heterocycles. The second kappa shape index (κ2) is 7.43. The fourth-order valence-electron chi connectivity index (χ4n) is 2.12. The van der Waals surface area contributed by atoms with Gasteiger partial charge in [-0.1, -0.05) is 11.2 Å².